The van der Waals surface area contributed by atoms with Crippen LogP contribution in [0.1, 0.15) is 51.2 Å². The number of nitrogens with zero attached hydrogens (tertiary/aromatic N) is 1. The molecule has 0 aliphatic carbocycles. The monoisotopic (exact) mass is 284 g/mol. The zero-order valence-corrected chi connectivity index (χ0v) is 13.0. The van der Waals surface area contributed by atoms with Crippen LogP contribution >= 0.6 is 11.3 Å². The molecule has 0 bridgehead atoms. The minimum absolute atomic E-state index is 0.0423. The third-order valence-electron chi connectivity index (χ3n) is 2.69. The quantitative estimate of drug-likeness (QED) is 0.816. The number of rotatable bonds is 6. The van der Waals surface area contributed by atoms with Crippen molar-refractivity contribution >= 4 is 17.3 Å². The van der Waals surface area contributed by atoms with Crippen LogP contribution in [0.25, 0.3) is 0 Å². The summed E-state index contributed by atoms with van der Waals surface area (Å²) in [6.07, 6.45) is 1.73. The molecule has 1 atom stereocenters. The van der Waals surface area contributed by atoms with Crippen molar-refractivity contribution in [3.8, 4) is 0 Å². The highest BCUT2D eigenvalue weighted by molar-refractivity contribution is 7.09. The van der Waals surface area contributed by atoms with Crippen LogP contribution in [0.2, 0.25) is 0 Å². The summed E-state index contributed by atoms with van der Waals surface area (Å²) in [4.78, 5) is 15.9. The Morgan fingerprint density at radius 1 is 1.53 bits per heavy atom. The van der Waals surface area contributed by atoms with Crippen LogP contribution in [0.3, 0.4) is 0 Å². The van der Waals surface area contributed by atoms with Crippen molar-refractivity contribution in [2.45, 2.75) is 58.4 Å². The standard InChI is InChI=1S/C14H24N2O2S/c1-5-18-12(17)7-6-10(15)8-11-9-19-13(16-11)14(2,3)4/h9-10H,5-8,15H2,1-4H3. The van der Waals surface area contributed by atoms with Crippen LogP contribution in [-0.2, 0) is 21.4 Å². The fraction of sp³-hybridized carbons (Fsp3) is 0.714. The van der Waals surface area contributed by atoms with E-state index in [1.54, 1.807) is 18.3 Å². The number of hydrogen-bond acceptors (Lipinski definition) is 5. The third kappa shape index (κ3) is 5.70. The van der Waals surface area contributed by atoms with Crippen molar-refractivity contribution in [3.05, 3.63) is 16.1 Å². The van der Waals surface area contributed by atoms with Crippen LogP contribution in [-0.4, -0.2) is 23.6 Å². The number of ether oxygens (including phenoxy) is 1. The molecule has 0 fully saturated rings. The molecule has 0 saturated heterocycles. The lowest BCUT2D eigenvalue weighted by Crippen LogP contribution is -2.24. The summed E-state index contributed by atoms with van der Waals surface area (Å²) in [5.74, 6) is -0.174. The molecule has 2 N–H and O–H groups in total. The number of esters is 1. The third-order valence-corrected chi connectivity index (χ3v) is 4.01. The fourth-order valence-electron chi connectivity index (χ4n) is 1.65. The molecule has 1 aromatic rings. The molecule has 108 valence electrons. The van der Waals surface area contributed by atoms with Gasteiger partial charge in [-0.15, -0.1) is 11.3 Å². The van der Waals surface area contributed by atoms with Crippen LogP contribution in [0, 0.1) is 0 Å². The molecule has 1 heterocycles. The average Bonchev–Trinajstić information content (AvgIpc) is 2.75. The van der Waals surface area contributed by atoms with Crippen molar-refractivity contribution in [1.82, 2.24) is 4.98 Å². The summed E-state index contributed by atoms with van der Waals surface area (Å²) in [5, 5.41) is 3.19. The molecule has 0 aliphatic rings. The van der Waals surface area contributed by atoms with Gasteiger partial charge in [-0.3, -0.25) is 4.79 Å². The predicted octanol–water partition coefficient (Wildman–Crippen LogP) is 2.65. The predicted molar refractivity (Wildman–Crippen MR) is 78.4 cm³/mol. The van der Waals surface area contributed by atoms with Crippen molar-refractivity contribution in [3.63, 3.8) is 0 Å². The fourth-order valence-corrected chi connectivity index (χ4v) is 2.57. The van der Waals surface area contributed by atoms with Gasteiger partial charge in [0, 0.05) is 29.7 Å². The van der Waals surface area contributed by atoms with E-state index in [9.17, 15) is 4.79 Å². The molecule has 1 unspecified atom stereocenters. The lowest BCUT2D eigenvalue weighted by Gasteiger charge is -2.14. The van der Waals surface area contributed by atoms with Crippen molar-refractivity contribution in [2.24, 2.45) is 5.73 Å². The van der Waals surface area contributed by atoms with Gasteiger partial charge in [0.1, 0.15) is 0 Å². The number of nitrogens with two attached hydrogens (primary N) is 1. The Hall–Kier alpha value is -0.940. The van der Waals surface area contributed by atoms with E-state index < -0.39 is 0 Å². The van der Waals surface area contributed by atoms with Gasteiger partial charge in [-0.25, -0.2) is 4.98 Å². The van der Waals surface area contributed by atoms with Crippen LogP contribution in [0.4, 0.5) is 0 Å². The first-order valence-corrected chi connectivity index (χ1v) is 7.57. The minimum Gasteiger partial charge on any atom is -0.466 e. The SMILES string of the molecule is CCOC(=O)CCC(N)Cc1csc(C(C)(C)C)n1. The Morgan fingerprint density at radius 3 is 2.74 bits per heavy atom. The van der Waals surface area contributed by atoms with Gasteiger partial charge >= 0.3 is 5.97 Å². The van der Waals surface area contributed by atoms with E-state index in [1.807, 2.05) is 0 Å². The average molecular weight is 284 g/mol. The molecule has 1 rings (SSSR count). The molecule has 4 nitrogen and oxygen atoms in total. The second-order valence-electron chi connectivity index (χ2n) is 5.70. The number of thiazole rings is 1. The van der Waals surface area contributed by atoms with Gasteiger partial charge in [-0.1, -0.05) is 20.8 Å². The number of hydrogen-bond donors (Lipinski definition) is 1. The second-order valence-corrected chi connectivity index (χ2v) is 6.56. The van der Waals surface area contributed by atoms with Crippen LogP contribution in [0.5, 0.6) is 0 Å². The molecule has 1 aromatic heterocycles. The van der Waals surface area contributed by atoms with E-state index in [4.69, 9.17) is 10.5 Å². The Balaban J connectivity index is 2.42. The minimum atomic E-state index is -0.174. The van der Waals surface area contributed by atoms with Crippen molar-refractivity contribution in [2.75, 3.05) is 6.61 Å². The molecular formula is C14H24N2O2S. The smallest absolute Gasteiger partial charge is 0.305 e. The highest BCUT2D eigenvalue weighted by Crippen LogP contribution is 2.26. The van der Waals surface area contributed by atoms with Crippen molar-refractivity contribution in [1.29, 1.82) is 0 Å². The Labute approximate surface area is 119 Å². The maximum absolute atomic E-state index is 11.2. The summed E-state index contributed by atoms with van der Waals surface area (Å²) in [5.41, 5.74) is 7.13. The molecule has 0 aromatic carbocycles. The summed E-state index contributed by atoms with van der Waals surface area (Å²) < 4.78 is 4.88. The normalized spacial score (nSPS) is 13.3. The molecule has 0 saturated carbocycles. The van der Waals surface area contributed by atoms with E-state index in [0.29, 0.717) is 25.9 Å². The van der Waals surface area contributed by atoms with E-state index in [-0.39, 0.29) is 17.4 Å². The summed E-state index contributed by atoms with van der Waals surface area (Å²) in [7, 11) is 0. The Kier molecular flexibility index (Phi) is 5.94. The van der Waals surface area contributed by atoms with E-state index in [1.165, 1.54) is 0 Å². The lowest BCUT2D eigenvalue weighted by molar-refractivity contribution is -0.143. The summed E-state index contributed by atoms with van der Waals surface area (Å²) in [6, 6.07) is -0.0423. The maximum atomic E-state index is 11.2. The first-order valence-electron chi connectivity index (χ1n) is 6.69. The molecule has 0 spiro atoms. The molecular weight excluding hydrogens is 260 g/mol. The van der Waals surface area contributed by atoms with Gasteiger partial charge in [-0.05, 0) is 13.3 Å². The second kappa shape index (κ2) is 7.01. The Bertz CT molecular complexity index is 410. The number of carbonyl (C=O) groups is 1. The van der Waals surface area contributed by atoms with Gasteiger partial charge in [0.25, 0.3) is 0 Å². The van der Waals surface area contributed by atoms with Gasteiger partial charge in [0.05, 0.1) is 17.3 Å². The largest absolute Gasteiger partial charge is 0.466 e. The summed E-state index contributed by atoms with van der Waals surface area (Å²) >= 11 is 1.67. The first-order chi connectivity index (χ1) is 8.82. The van der Waals surface area contributed by atoms with Gasteiger partial charge in [0.2, 0.25) is 0 Å². The number of carbonyl (C=O) groups excluding carboxylic acids is 1. The topological polar surface area (TPSA) is 65.2 Å². The van der Waals surface area contributed by atoms with E-state index in [0.717, 1.165) is 10.7 Å². The van der Waals surface area contributed by atoms with E-state index >= 15 is 0 Å². The zero-order chi connectivity index (χ0) is 14.5. The Morgan fingerprint density at radius 2 is 2.21 bits per heavy atom. The van der Waals surface area contributed by atoms with E-state index in [2.05, 4.69) is 31.1 Å². The maximum Gasteiger partial charge on any atom is 0.305 e. The molecule has 0 amide bonds. The lowest BCUT2D eigenvalue weighted by atomic mass is 9.98. The molecule has 0 radical (unpaired) electrons. The number of aromatic nitrogens is 1. The highest BCUT2D eigenvalue weighted by Gasteiger charge is 2.18. The zero-order valence-electron chi connectivity index (χ0n) is 12.2. The summed E-state index contributed by atoms with van der Waals surface area (Å²) in [6.45, 7) is 8.68. The van der Waals surface area contributed by atoms with Crippen LogP contribution in [0.15, 0.2) is 5.38 Å². The molecule has 5 heteroatoms. The van der Waals surface area contributed by atoms with Gasteiger partial charge in [-0.2, -0.15) is 0 Å². The van der Waals surface area contributed by atoms with Crippen LogP contribution < -0.4 is 5.73 Å². The van der Waals surface area contributed by atoms with Crippen molar-refractivity contribution < 1.29 is 9.53 Å². The highest BCUT2D eigenvalue weighted by atomic mass is 32.1. The van der Waals surface area contributed by atoms with Gasteiger partial charge in [0.15, 0.2) is 0 Å². The molecule has 19 heavy (non-hydrogen) atoms. The van der Waals surface area contributed by atoms with Gasteiger partial charge < -0.3 is 10.5 Å². The first kappa shape index (κ1) is 16.1. The molecule has 0 aliphatic heterocycles.